The molecule has 1 aromatic rings. The first-order chi connectivity index (χ1) is 12.4. The highest BCUT2D eigenvalue weighted by Crippen LogP contribution is 2.24. The van der Waals surface area contributed by atoms with Gasteiger partial charge >= 0.3 is 5.97 Å². The van der Waals surface area contributed by atoms with E-state index in [2.05, 4.69) is 5.32 Å². The molecule has 1 fully saturated rings. The van der Waals surface area contributed by atoms with E-state index in [4.69, 9.17) is 21.1 Å². The van der Waals surface area contributed by atoms with Crippen LogP contribution in [0.2, 0.25) is 5.02 Å². The molecule has 0 radical (unpaired) electrons. The minimum Gasteiger partial charge on any atom is -0.454 e. The number of benzene rings is 1. The fourth-order valence-electron chi connectivity index (χ4n) is 2.15. The van der Waals surface area contributed by atoms with Gasteiger partial charge in [-0.05, 0) is 12.1 Å². The van der Waals surface area contributed by atoms with Crippen molar-refractivity contribution >= 4 is 35.1 Å². The number of rotatable bonds is 6. The molecular formula is C15H16ClN3O7. The summed E-state index contributed by atoms with van der Waals surface area (Å²) in [5.41, 5.74) is -0.448. The summed E-state index contributed by atoms with van der Waals surface area (Å²) in [6, 6.07) is 3.51. The van der Waals surface area contributed by atoms with Gasteiger partial charge in [-0.15, -0.1) is 0 Å². The van der Waals surface area contributed by atoms with Gasteiger partial charge in [-0.1, -0.05) is 11.6 Å². The van der Waals surface area contributed by atoms with Gasteiger partial charge in [-0.3, -0.25) is 24.5 Å². The Morgan fingerprint density at radius 2 is 2.00 bits per heavy atom. The molecule has 0 atom stereocenters. The number of nitro groups is 1. The number of carbonyl (C=O) groups is 3. The lowest BCUT2D eigenvalue weighted by Crippen LogP contribution is -2.43. The van der Waals surface area contributed by atoms with E-state index in [0.717, 1.165) is 6.07 Å². The van der Waals surface area contributed by atoms with Crippen LogP contribution < -0.4 is 5.32 Å². The molecule has 0 spiro atoms. The van der Waals surface area contributed by atoms with Gasteiger partial charge < -0.3 is 19.7 Å². The Morgan fingerprint density at radius 1 is 1.31 bits per heavy atom. The van der Waals surface area contributed by atoms with Gasteiger partial charge in [0.15, 0.2) is 6.61 Å². The standard InChI is InChI=1S/C15H16ClN3O7/c16-11-2-1-10(7-12(11)19(23)24)15(22)17-8-14(21)26-9-13(20)18-3-5-25-6-4-18/h1-2,7H,3-6,8-9H2,(H,17,22). The lowest BCUT2D eigenvalue weighted by atomic mass is 10.2. The summed E-state index contributed by atoms with van der Waals surface area (Å²) < 4.78 is 9.92. The van der Waals surface area contributed by atoms with Crippen LogP contribution in [0.1, 0.15) is 10.4 Å². The number of halogens is 1. The van der Waals surface area contributed by atoms with Crippen molar-refractivity contribution in [2.75, 3.05) is 39.5 Å². The van der Waals surface area contributed by atoms with Gasteiger partial charge in [-0.2, -0.15) is 0 Å². The minimum absolute atomic E-state index is 0.0294. The Labute approximate surface area is 153 Å². The summed E-state index contributed by atoms with van der Waals surface area (Å²) in [6.07, 6.45) is 0. The maximum absolute atomic E-state index is 11.9. The van der Waals surface area contributed by atoms with Crippen LogP contribution in [0.5, 0.6) is 0 Å². The molecule has 1 aliphatic rings. The highest BCUT2D eigenvalue weighted by Gasteiger charge is 2.19. The molecular weight excluding hydrogens is 370 g/mol. The summed E-state index contributed by atoms with van der Waals surface area (Å²) in [4.78, 5) is 47.0. The number of nitrogens with one attached hydrogen (secondary N) is 1. The highest BCUT2D eigenvalue weighted by molar-refractivity contribution is 6.32. The number of hydrogen-bond donors (Lipinski definition) is 1. The molecule has 26 heavy (non-hydrogen) atoms. The third-order valence-electron chi connectivity index (χ3n) is 3.52. The molecule has 11 heteroatoms. The molecule has 10 nitrogen and oxygen atoms in total. The monoisotopic (exact) mass is 385 g/mol. The lowest BCUT2D eigenvalue weighted by molar-refractivity contribution is -0.384. The predicted octanol–water partition coefficient (Wildman–Crippen LogP) is 0.380. The third kappa shape index (κ3) is 5.39. The van der Waals surface area contributed by atoms with Gasteiger partial charge in [0.2, 0.25) is 0 Å². The molecule has 140 valence electrons. The van der Waals surface area contributed by atoms with E-state index in [-0.39, 0.29) is 16.5 Å². The summed E-state index contributed by atoms with van der Waals surface area (Å²) in [5, 5.41) is 13.0. The van der Waals surface area contributed by atoms with Crippen LogP contribution in [0.25, 0.3) is 0 Å². The Bertz CT molecular complexity index is 719. The zero-order chi connectivity index (χ0) is 19.1. The van der Waals surface area contributed by atoms with E-state index >= 15 is 0 Å². The van der Waals surface area contributed by atoms with Crippen molar-refractivity contribution in [3.63, 3.8) is 0 Å². The number of nitrogens with zero attached hydrogens (tertiary/aromatic N) is 2. The lowest BCUT2D eigenvalue weighted by Gasteiger charge is -2.26. The molecule has 1 N–H and O–H groups in total. The summed E-state index contributed by atoms with van der Waals surface area (Å²) in [7, 11) is 0. The zero-order valence-electron chi connectivity index (χ0n) is 13.6. The number of amides is 2. The second kappa shape index (κ2) is 9.11. The Balaban J connectivity index is 1.79. The predicted molar refractivity (Wildman–Crippen MR) is 88.8 cm³/mol. The van der Waals surface area contributed by atoms with Gasteiger partial charge in [0.25, 0.3) is 17.5 Å². The van der Waals surface area contributed by atoms with E-state index < -0.39 is 35.6 Å². The van der Waals surface area contributed by atoms with Crippen LogP contribution in [0.15, 0.2) is 18.2 Å². The molecule has 0 aliphatic carbocycles. The van der Waals surface area contributed by atoms with Crippen LogP contribution >= 0.6 is 11.6 Å². The van der Waals surface area contributed by atoms with Crippen LogP contribution in [0.4, 0.5) is 5.69 Å². The van der Waals surface area contributed by atoms with Crippen molar-refractivity contribution in [2.45, 2.75) is 0 Å². The van der Waals surface area contributed by atoms with Gasteiger partial charge in [0, 0.05) is 24.7 Å². The van der Waals surface area contributed by atoms with Gasteiger partial charge in [-0.25, -0.2) is 0 Å². The fraction of sp³-hybridized carbons (Fsp3) is 0.400. The largest absolute Gasteiger partial charge is 0.454 e. The maximum atomic E-state index is 11.9. The molecule has 0 bridgehead atoms. The SMILES string of the molecule is O=C(CNC(=O)c1ccc(Cl)c([N+](=O)[O-])c1)OCC(=O)N1CCOCC1. The second-order valence-corrected chi connectivity index (χ2v) is 5.67. The Morgan fingerprint density at radius 3 is 2.65 bits per heavy atom. The number of morpholine rings is 1. The Kier molecular flexibility index (Phi) is 6.87. The average molecular weight is 386 g/mol. The maximum Gasteiger partial charge on any atom is 0.325 e. The normalized spacial score (nSPS) is 13.8. The summed E-state index contributed by atoms with van der Waals surface area (Å²) in [5.74, 6) is -1.86. The Hall–Kier alpha value is -2.72. The van der Waals surface area contributed by atoms with Crippen LogP contribution in [0.3, 0.4) is 0 Å². The van der Waals surface area contributed by atoms with Crippen molar-refractivity contribution in [1.29, 1.82) is 0 Å². The van der Waals surface area contributed by atoms with Crippen molar-refractivity contribution in [2.24, 2.45) is 0 Å². The molecule has 1 saturated heterocycles. The van der Waals surface area contributed by atoms with Crippen LogP contribution in [-0.4, -0.2) is 67.1 Å². The number of esters is 1. The van der Waals surface area contributed by atoms with E-state index in [9.17, 15) is 24.5 Å². The second-order valence-electron chi connectivity index (χ2n) is 5.26. The first kappa shape index (κ1) is 19.6. The summed E-state index contributed by atoms with van der Waals surface area (Å²) >= 11 is 5.67. The number of nitro benzene ring substituents is 1. The quantitative estimate of drug-likeness (QED) is 0.426. The molecule has 0 unspecified atom stereocenters. The zero-order valence-corrected chi connectivity index (χ0v) is 14.4. The third-order valence-corrected chi connectivity index (χ3v) is 3.84. The van der Waals surface area contributed by atoms with E-state index in [1.54, 1.807) is 0 Å². The molecule has 1 heterocycles. The molecule has 0 aromatic heterocycles. The first-order valence-corrected chi connectivity index (χ1v) is 7.99. The van der Waals surface area contributed by atoms with Crippen molar-refractivity contribution < 1.29 is 28.8 Å². The van der Waals surface area contributed by atoms with Crippen LogP contribution in [0, 0.1) is 10.1 Å². The molecule has 2 amide bonds. The number of ether oxygens (including phenoxy) is 2. The highest BCUT2D eigenvalue weighted by atomic mass is 35.5. The van der Waals surface area contributed by atoms with Crippen LogP contribution in [-0.2, 0) is 19.1 Å². The molecule has 1 aromatic carbocycles. The van der Waals surface area contributed by atoms with E-state index in [1.165, 1.54) is 17.0 Å². The summed E-state index contributed by atoms with van der Waals surface area (Å²) in [6.45, 7) is 0.823. The minimum atomic E-state index is -0.802. The fourth-order valence-corrected chi connectivity index (χ4v) is 2.33. The molecule has 0 saturated carbocycles. The molecule has 1 aliphatic heterocycles. The van der Waals surface area contributed by atoms with Crippen molar-refractivity contribution in [1.82, 2.24) is 10.2 Å². The van der Waals surface area contributed by atoms with Crippen molar-refractivity contribution in [3.05, 3.63) is 38.9 Å². The van der Waals surface area contributed by atoms with E-state index in [1.807, 2.05) is 0 Å². The number of carbonyl (C=O) groups excluding carboxylic acids is 3. The first-order valence-electron chi connectivity index (χ1n) is 7.62. The van der Waals surface area contributed by atoms with E-state index in [0.29, 0.717) is 26.3 Å². The molecule has 2 rings (SSSR count). The van der Waals surface area contributed by atoms with Gasteiger partial charge in [0.1, 0.15) is 11.6 Å². The average Bonchev–Trinajstić information content (AvgIpc) is 2.64. The topological polar surface area (TPSA) is 128 Å². The number of hydrogen-bond acceptors (Lipinski definition) is 7. The van der Waals surface area contributed by atoms with Gasteiger partial charge in [0.05, 0.1) is 18.1 Å². The van der Waals surface area contributed by atoms with Crippen molar-refractivity contribution in [3.8, 4) is 0 Å². The smallest absolute Gasteiger partial charge is 0.325 e.